The van der Waals surface area contributed by atoms with Gasteiger partial charge in [0.05, 0.1) is 115 Å². The third-order valence-electron chi connectivity index (χ3n) is 24.0. The molecule has 40 heteroatoms. The molecule has 5 saturated heterocycles. The molecule has 5 fully saturated rings. The molecular weight excluding hydrogens is 1950 g/mol. The number of nitrogens with one attached hydrogen (secondary N) is 1. The number of rotatable bonds is 19. The van der Waals surface area contributed by atoms with Crippen molar-refractivity contribution in [2.75, 3.05) is 104 Å². The number of carbonyl (C=O) groups is 1. The van der Waals surface area contributed by atoms with Crippen molar-refractivity contribution < 1.29 is 61.8 Å². The number of terminal acetylenes is 1. The van der Waals surface area contributed by atoms with Crippen molar-refractivity contribution >= 4 is 98.3 Å². The van der Waals surface area contributed by atoms with Crippen molar-refractivity contribution in [1.29, 1.82) is 10.5 Å². The number of nitrogen functional groups attached to an aromatic ring is 2. The second-order valence-electron chi connectivity index (χ2n) is 36.9. The number of aliphatic hydroxyl groups excluding tert-OH is 1. The lowest BCUT2D eigenvalue weighted by Gasteiger charge is -2.36. The van der Waals surface area contributed by atoms with Crippen LogP contribution in [-0.2, 0) is 89.6 Å². The SMILES string of the molecule is C.C.C.C.C#Cc1cc(-c2cccc(C#N)c2)nc(N)n1.CC(C)(C)[Si](C)(C)OCc1cccc(Br)n1.CC1CCCN(c2cccc(CN=[N+]=[N-])n2)C1.CC1CCCN(c2cccc(CO)n2)C1.CC1CCCN(c2cccc(CO[Si](C)(C)C(C)(C)C)n2)C1.COC(=O)C1CCCNC1.N#Cc1cccc(-c2cc(-c3cn(Cc4cccc(N5CCCCC5)n4)nn3)nc(N)n2)c1.O=C=O.O=C=O.O=C=O.O=C=O. The number of ether oxygens (including phenoxy) is 1. The Bertz CT molecular complexity index is 5860. The highest BCUT2D eigenvalue weighted by Gasteiger charge is 2.39. The first-order valence-corrected chi connectivity index (χ1v) is 53.3. The second kappa shape index (κ2) is 69.0. The number of hydrogen-bond donors (Lipinski definition) is 4. The zero-order chi connectivity index (χ0) is 105. The fourth-order valence-corrected chi connectivity index (χ4v) is 16.9. The fourth-order valence-electron chi connectivity index (χ4n) is 14.6. The highest BCUT2D eigenvalue weighted by Crippen LogP contribution is 2.39. The van der Waals surface area contributed by atoms with Crippen LogP contribution in [0.15, 0.2) is 168 Å². The van der Waals surface area contributed by atoms with Gasteiger partial charge in [-0.15, -0.1) is 11.5 Å². The Morgan fingerprint density at radius 3 is 1.34 bits per heavy atom. The number of carbonyl (C=O) groups excluding carboxylic acids is 9. The predicted octanol–water partition coefficient (Wildman–Crippen LogP) is 19.4. The van der Waals surface area contributed by atoms with Gasteiger partial charge >= 0.3 is 30.6 Å². The topological polar surface area (TPSA) is 522 Å². The maximum atomic E-state index is 10.9. The minimum atomic E-state index is -1.71. The molecule has 5 aliphatic rings. The quantitative estimate of drug-likeness (QED) is 0.0111. The number of pyridine rings is 5. The van der Waals surface area contributed by atoms with Gasteiger partial charge in [0, 0.05) is 80.6 Å². The van der Waals surface area contributed by atoms with Gasteiger partial charge in [0.25, 0.3) is 0 Å². The van der Waals surface area contributed by atoms with Gasteiger partial charge in [-0.2, -0.15) is 48.9 Å². The third-order valence-corrected chi connectivity index (χ3v) is 33.4. The average Bonchev–Trinajstić information content (AvgIpc) is 1.50. The first-order valence-electron chi connectivity index (χ1n) is 46.7. The van der Waals surface area contributed by atoms with E-state index in [0.29, 0.717) is 65.9 Å². The summed E-state index contributed by atoms with van der Waals surface area (Å²) in [5.74, 6) is 9.07. The van der Waals surface area contributed by atoms with E-state index in [4.69, 9.17) is 91.0 Å². The molecule has 37 nitrogen and oxygen atoms in total. The van der Waals surface area contributed by atoms with E-state index >= 15 is 0 Å². The van der Waals surface area contributed by atoms with Gasteiger partial charge in [0.15, 0.2) is 16.6 Å². The van der Waals surface area contributed by atoms with Crippen LogP contribution in [0.2, 0.25) is 36.3 Å². The molecule has 784 valence electrons. The van der Waals surface area contributed by atoms with E-state index in [1.165, 1.54) is 64.9 Å². The number of benzene rings is 2. The van der Waals surface area contributed by atoms with Crippen molar-refractivity contribution in [3.8, 4) is 58.4 Å². The third kappa shape index (κ3) is 46.7. The van der Waals surface area contributed by atoms with Gasteiger partial charge in [-0.3, -0.25) is 4.79 Å². The number of esters is 1. The Morgan fingerprint density at radius 1 is 0.521 bits per heavy atom. The Balaban J connectivity index is 0.000000852. The lowest BCUT2D eigenvalue weighted by atomic mass is 10.0. The van der Waals surface area contributed by atoms with Crippen molar-refractivity contribution in [1.82, 2.24) is 65.2 Å². The number of hydrogen-bond acceptors (Lipinski definition) is 34. The molecule has 4 unspecified atom stereocenters. The number of aliphatic hydroxyl groups is 1. The standard InChI is InChI=1S/C24H23N9.C18H32N2OSi.C13H8N4.C12H20BrNOSi.C12H17N5.C12H18N2O.C7H13NO2.4CO2.4CH4/c25-14-17-6-4-7-18(12-17)20-13-21(29-24(26)28-20)22-16-33(31-30-22)15-19-8-5-9-23(27-19)32-10-2-1-3-11-32;1-15-9-8-12-20(13-15)17-11-7-10-16(19-17)14-21-22(5,6)18(2,3)4;1-2-11-7-12(17-13(15)16-11)10-5-3-4-9(6-10)8-14;1-12(2,3)16(4,5)15-9-10-7-6-8-11(13)14-10;1-10-4-3-7-17(9-10)12-6-2-5-11(15-12)8-14-16-13;1-10-4-3-7-14(8-10)12-6-2-5-11(9-15)13-12;1-10-7(9)6-3-2-4-8-5-6;4*2-1-3;;;;/h4-9,12-13,16H,1-3,10-11,15H2,(H2,26,28,29);7,10-11,15H,8-9,12-14H2,1-6H3;1,3-7H,(H2,15,16,17);6-8H,9H2,1-5H3;2,5-6,10H,3-4,7-9H2,1H3;2,5-6,10,15H,3-4,7-9H2,1H3;6,8H,2-5H2,1H3;;;;;4*1H4. The number of anilines is 6. The summed E-state index contributed by atoms with van der Waals surface area (Å²) in [6.07, 6.45) is 21.6. The maximum absolute atomic E-state index is 10.9. The fraction of sp³-hybridized carbons (Fsp3) is 0.472. The molecule has 0 radical (unpaired) electrons. The van der Waals surface area contributed by atoms with E-state index in [2.05, 4.69) is 232 Å². The molecule has 0 amide bonds. The molecule has 146 heavy (non-hydrogen) atoms. The van der Waals surface area contributed by atoms with Crippen molar-refractivity contribution in [2.24, 2.45) is 28.8 Å². The highest BCUT2D eigenvalue weighted by atomic mass is 79.9. The molecule has 6 N–H and O–H groups in total. The van der Waals surface area contributed by atoms with Crippen LogP contribution in [0.1, 0.15) is 208 Å². The number of methoxy groups -OCH3 is 1. The number of nitrogens with zero attached hydrogens (tertiary/aromatic N) is 21. The average molecular weight is 2100 g/mol. The normalized spacial score (nSPS) is 15.2. The molecule has 0 bridgehead atoms. The smallest absolute Gasteiger partial charge is 0.373 e. The van der Waals surface area contributed by atoms with Gasteiger partial charge in [0.1, 0.15) is 39.3 Å². The summed E-state index contributed by atoms with van der Waals surface area (Å²) in [5.41, 5.74) is 29.9. The monoisotopic (exact) mass is 2100 g/mol. The molecule has 5 aliphatic heterocycles. The highest BCUT2D eigenvalue weighted by molar-refractivity contribution is 9.10. The molecule has 2 aromatic carbocycles. The molecule has 8 aromatic heterocycles. The van der Waals surface area contributed by atoms with Gasteiger partial charge in [-0.05, 0) is 250 Å². The van der Waals surface area contributed by atoms with Crippen LogP contribution in [0.5, 0.6) is 0 Å². The summed E-state index contributed by atoms with van der Waals surface area (Å²) in [6, 6.07) is 52.0. The molecule has 10 aromatic rings. The van der Waals surface area contributed by atoms with Crippen LogP contribution in [0.25, 0.3) is 44.3 Å². The van der Waals surface area contributed by atoms with E-state index < -0.39 is 16.6 Å². The minimum Gasteiger partial charge on any atom is -0.469 e. The lowest BCUT2D eigenvalue weighted by Crippen LogP contribution is -2.40. The molecule has 0 saturated carbocycles. The number of piperidine rings is 5. The zero-order valence-electron chi connectivity index (χ0n) is 83.6. The maximum Gasteiger partial charge on any atom is 0.373 e. The predicted molar refractivity (Wildman–Crippen MR) is 573 cm³/mol. The summed E-state index contributed by atoms with van der Waals surface area (Å²) < 4.78 is 19.6. The van der Waals surface area contributed by atoms with Crippen LogP contribution in [0, 0.1) is 58.7 Å². The summed E-state index contributed by atoms with van der Waals surface area (Å²) in [7, 11) is -1.93. The van der Waals surface area contributed by atoms with Crippen molar-refractivity contribution in [3.05, 3.63) is 218 Å². The lowest BCUT2D eigenvalue weighted by molar-refractivity contribution is -0.193. The largest absolute Gasteiger partial charge is 0.469 e. The van der Waals surface area contributed by atoms with Gasteiger partial charge in [-0.25, -0.2) is 49.5 Å². The van der Waals surface area contributed by atoms with Crippen LogP contribution in [-0.4, -0.2) is 185 Å². The second-order valence-corrected chi connectivity index (χ2v) is 47.3. The molecule has 0 spiro atoms. The van der Waals surface area contributed by atoms with Crippen LogP contribution >= 0.6 is 15.9 Å². The van der Waals surface area contributed by atoms with E-state index in [-0.39, 0.29) is 94.8 Å². The van der Waals surface area contributed by atoms with Gasteiger partial charge in [-0.1, -0.05) is 163 Å². The minimum absolute atomic E-state index is 0. The Hall–Kier alpha value is -14.1. The van der Waals surface area contributed by atoms with E-state index in [0.717, 1.165) is 164 Å². The summed E-state index contributed by atoms with van der Waals surface area (Å²) in [6.45, 7) is 42.1. The van der Waals surface area contributed by atoms with Crippen LogP contribution < -0.4 is 36.4 Å². The molecular formula is C106H147BrN24O13Si2. The molecule has 15 rings (SSSR count). The zero-order valence-corrected chi connectivity index (χ0v) is 87.1. The van der Waals surface area contributed by atoms with Gasteiger partial charge in [0.2, 0.25) is 11.9 Å². The van der Waals surface area contributed by atoms with E-state index in [1.807, 2.05) is 91.1 Å². The molecule has 13 heterocycles. The van der Waals surface area contributed by atoms with Crippen LogP contribution in [0.3, 0.4) is 0 Å². The molecule has 0 aliphatic carbocycles. The first-order chi connectivity index (χ1) is 67.9. The number of aromatic nitrogens is 12. The number of halogens is 1. The van der Waals surface area contributed by atoms with E-state index in [1.54, 1.807) is 47.1 Å². The van der Waals surface area contributed by atoms with Crippen LogP contribution in [0.4, 0.5) is 35.2 Å². The first kappa shape index (κ1) is 130. The summed E-state index contributed by atoms with van der Waals surface area (Å²) in [5, 5.41) is 42.8. The van der Waals surface area contributed by atoms with Gasteiger partial charge < -0.3 is 55.1 Å². The molecule has 4 atom stereocenters. The van der Waals surface area contributed by atoms with Crippen molar-refractivity contribution in [2.45, 2.75) is 232 Å². The number of nitriles is 2. The van der Waals surface area contributed by atoms with Crippen molar-refractivity contribution in [3.63, 3.8) is 0 Å². The summed E-state index contributed by atoms with van der Waals surface area (Å²) >= 11 is 3.37. The Labute approximate surface area is 871 Å². The Morgan fingerprint density at radius 2 is 0.918 bits per heavy atom. The number of azide groups is 1. The number of nitrogens with two attached hydrogens (primary N) is 2. The summed E-state index contributed by atoms with van der Waals surface area (Å²) in [4.78, 5) is 128. The van der Waals surface area contributed by atoms with E-state index in [9.17, 15) is 10.1 Å². The Kier molecular flexibility index (Phi) is 61.4.